The van der Waals surface area contributed by atoms with Gasteiger partial charge < -0.3 is 10.3 Å². The SMILES string of the molecule is CCCSc1nc2c(c(=O)[nH]1)[C@H](c1ccc(Cl)cc1)C1=C(CCCC1=O)N2. The van der Waals surface area contributed by atoms with E-state index in [4.69, 9.17) is 11.6 Å². The van der Waals surface area contributed by atoms with Crippen LogP contribution in [0.5, 0.6) is 0 Å². The van der Waals surface area contributed by atoms with E-state index in [-0.39, 0.29) is 11.3 Å². The molecule has 0 amide bonds. The zero-order valence-electron chi connectivity index (χ0n) is 15.0. The van der Waals surface area contributed by atoms with E-state index in [2.05, 4.69) is 22.2 Å². The number of carbonyl (C=O) groups excluding carboxylic acids is 1. The fourth-order valence-corrected chi connectivity index (χ4v) is 4.54. The van der Waals surface area contributed by atoms with E-state index in [1.54, 1.807) is 12.1 Å². The molecule has 1 aromatic heterocycles. The van der Waals surface area contributed by atoms with Crippen LogP contribution in [0, 0.1) is 0 Å². The molecule has 2 aromatic rings. The van der Waals surface area contributed by atoms with E-state index in [9.17, 15) is 9.59 Å². The summed E-state index contributed by atoms with van der Waals surface area (Å²) in [7, 11) is 0. The van der Waals surface area contributed by atoms with E-state index < -0.39 is 5.92 Å². The summed E-state index contributed by atoms with van der Waals surface area (Å²) in [5.74, 6) is 1.13. The van der Waals surface area contributed by atoms with Crippen LogP contribution in [0.4, 0.5) is 5.82 Å². The Labute approximate surface area is 166 Å². The van der Waals surface area contributed by atoms with Crippen LogP contribution in [0.2, 0.25) is 5.02 Å². The molecular formula is C20H20ClN3O2S. The van der Waals surface area contributed by atoms with Crippen molar-refractivity contribution >= 4 is 35.0 Å². The summed E-state index contributed by atoms with van der Waals surface area (Å²) in [5.41, 5.74) is 2.77. The molecule has 2 heterocycles. The number of Topliss-reactive ketones (excluding diaryl/α,β-unsaturated/α-hetero) is 1. The number of aromatic amines is 1. The van der Waals surface area contributed by atoms with Crippen LogP contribution in [-0.4, -0.2) is 21.5 Å². The van der Waals surface area contributed by atoms with Gasteiger partial charge in [0.15, 0.2) is 10.9 Å². The minimum atomic E-state index is -0.414. The van der Waals surface area contributed by atoms with Gasteiger partial charge in [-0.15, -0.1) is 0 Å². The molecule has 4 rings (SSSR count). The molecule has 2 N–H and O–H groups in total. The topological polar surface area (TPSA) is 74.8 Å². The average molecular weight is 402 g/mol. The minimum Gasteiger partial charge on any atom is -0.343 e. The van der Waals surface area contributed by atoms with E-state index in [0.717, 1.165) is 36.3 Å². The van der Waals surface area contributed by atoms with Crippen molar-refractivity contribution in [2.24, 2.45) is 0 Å². The summed E-state index contributed by atoms with van der Waals surface area (Å²) in [6.07, 6.45) is 3.11. The van der Waals surface area contributed by atoms with Crippen LogP contribution in [0.3, 0.4) is 0 Å². The second-order valence-corrected chi connectivity index (χ2v) is 8.28. The highest BCUT2D eigenvalue weighted by Gasteiger charge is 2.37. The van der Waals surface area contributed by atoms with Crippen LogP contribution in [0.15, 0.2) is 45.5 Å². The molecule has 0 unspecified atom stereocenters. The number of hydrogen-bond acceptors (Lipinski definition) is 5. The molecule has 0 saturated heterocycles. The van der Waals surface area contributed by atoms with Gasteiger partial charge in [-0.05, 0) is 37.0 Å². The number of rotatable bonds is 4. The number of ketones is 1. The average Bonchev–Trinajstić information content (AvgIpc) is 2.65. The predicted molar refractivity (Wildman–Crippen MR) is 109 cm³/mol. The molecule has 1 aromatic carbocycles. The molecule has 27 heavy (non-hydrogen) atoms. The molecule has 0 radical (unpaired) electrons. The first-order valence-electron chi connectivity index (χ1n) is 9.14. The minimum absolute atomic E-state index is 0.0955. The molecule has 0 bridgehead atoms. The van der Waals surface area contributed by atoms with Crippen LogP contribution < -0.4 is 10.9 Å². The van der Waals surface area contributed by atoms with Crippen molar-refractivity contribution in [1.29, 1.82) is 0 Å². The number of halogens is 1. The van der Waals surface area contributed by atoms with Gasteiger partial charge in [0.25, 0.3) is 5.56 Å². The maximum atomic E-state index is 13.0. The van der Waals surface area contributed by atoms with Crippen molar-refractivity contribution < 1.29 is 4.79 Å². The maximum absolute atomic E-state index is 13.0. The van der Waals surface area contributed by atoms with E-state index in [1.165, 1.54) is 11.8 Å². The Balaban J connectivity index is 1.89. The third-order valence-corrected chi connectivity index (χ3v) is 6.21. The number of anilines is 1. The molecule has 7 heteroatoms. The van der Waals surface area contributed by atoms with Crippen molar-refractivity contribution in [3.05, 3.63) is 62.0 Å². The Bertz CT molecular complexity index is 982. The molecule has 1 aliphatic carbocycles. The zero-order chi connectivity index (χ0) is 19.0. The van der Waals surface area contributed by atoms with Crippen molar-refractivity contribution in [1.82, 2.24) is 9.97 Å². The second-order valence-electron chi connectivity index (χ2n) is 6.76. The van der Waals surface area contributed by atoms with Gasteiger partial charge in [-0.25, -0.2) is 4.98 Å². The second kappa shape index (κ2) is 7.52. The molecule has 2 aliphatic rings. The van der Waals surface area contributed by atoms with Gasteiger partial charge >= 0.3 is 0 Å². The molecule has 0 saturated carbocycles. The summed E-state index contributed by atoms with van der Waals surface area (Å²) in [6.45, 7) is 2.09. The van der Waals surface area contributed by atoms with Gasteiger partial charge in [0.1, 0.15) is 5.82 Å². The number of benzene rings is 1. The third kappa shape index (κ3) is 3.44. The third-order valence-electron chi connectivity index (χ3n) is 4.88. The lowest BCUT2D eigenvalue weighted by molar-refractivity contribution is -0.116. The van der Waals surface area contributed by atoms with Gasteiger partial charge in [-0.2, -0.15) is 0 Å². The highest BCUT2D eigenvalue weighted by molar-refractivity contribution is 7.99. The monoisotopic (exact) mass is 401 g/mol. The number of aromatic nitrogens is 2. The number of H-pyrrole nitrogens is 1. The van der Waals surface area contributed by atoms with Gasteiger partial charge in [0.2, 0.25) is 0 Å². The first kappa shape index (κ1) is 18.3. The number of thioether (sulfide) groups is 1. The van der Waals surface area contributed by atoms with Crippen molar-refractivity contribution in [2.45, 2.75) is 43.7 Å². The van der Waals surface area contributed by atoms with Gasteiger partial charge in [-0.3, -0.25) is 9.59 Å². The molecule has 5 nitrogen and oxygen atoms in total. The fraction of sp³-hybridized carbons (Fsp3) is 0.350. The van der Waals surface area contributed by atoms with E-state index in [0.29, 0.717) is 33.6 Å². The molecule has 1 atom stereocenters. The number of carbonyl (C=O) groups is 1. The smallest absolute Gasteiger partial charge is 0.257 e. The lowest BCUT2D eigenvalue weighted by Gasteiger charge is -2.32. The quantitative estimate of drug-likeness (QED) is 0.583. The van der Waals surface area contributed by atoms with Crippen molar-refractivity contribution in [3.8, 4) is 0 Å². The Morgan fingerprint density at radius 3 is 2.74 bits per heavy atom. The largest absolute Gasteiger partial charge is 0.343 e. The first-order chi connectivity index (χ1) is 13.1. The lowest BCUT2D eigenvalue weighted by atomic mass is 9.76. The van der Waals surface area contributed by atoms with E-state index in [1.807, 2.05) is 12.1 Å². The lowest BCUT2D eigenvalue weighted by Crippen LogP contribution is -2.32. The predicted octanol–water partition coefficient (Wildman–Crippen LogP) is 4.49. The van der Waals surface area contributed by atoms with Crippen LogP contribution in [-0.2, 0) is 4.79 Å². The highest BCUT2D eigenvalue weighted by Crippen LogP contribution is 2.43. The highest BCUT2D eigenvalue weighted by atomic mass is 35.5. The molecule has 140 valence electrons. The standard InChI is InChI=1S/C20H20ClN3O2S/c1-2-10-27-20-23-18-17(19(26)24-20)15(11-6-8-12(21)9-7-11)16-13(22-18)4-3-5-14(16)25/h6-9,15H,2-5,10H2,1H3,(H2,22,23,24,26)/t15-/m1/s1. The Morgan fingerprint density at radius 2 is 2.00 bits per heavy atom. The maximum Gasteiger partial charge on any atom is 0.257 e. The number of allylic oxidation sites excluding steroid dienone is 2. The van der Waals surface area contributed by atoms with Crippen molar-refractivity contribution in [3.63, 3.8) is 0 Å². The number of nitrogens with zero attached hydrogens (tertiary/aromatic N) is 1. The summed E-state index contributed by atoms with van der Waals surface area (Å²) < 4.78 is 0. The Kier molecular flexibility index (Phi) is 5.10. The zero-order valence-corrected chi connectivity index (χ0v) is 16.5. The fourth-order valence-electron chi connectivity index (χ4n) is 3.70. The van der Waals surface area contributed by atoms with Gasteiger partial charge in [-0.1, -0.05) is 42.4 Å². The Hall–Kier alpha value is -2.05. The van der Waals surface area contributed by atoms with Crippen molar-refractivity contribution in [2.75, 3.05) is 11.1 Å². The normalized spacial score (nSPS) is 18.7. The van der Waals surface area contributed by atoms with E-state index >= 15 is 0 Å². The molecule has 0 fully saturated rings. The van der Waals surface area contributed by atoms with Crippen LogP contribution in [0.25, 0.3) is 0 Å². The summed E-state index contributed by atoms with van der Waals surface area (Å²) >= 11 is 7.57. The first-order valence-corrected chi connectivity index (χ1v) is 10.5. The Morgan fingerprint density at radius 1 is 1.22 bits per heavy atom. The molecular weight excluding hydrogens is 382 g/mol. The number of fused-ring (bicyclic) bond motifs is 1. The van der Waals surface area contributed by atoms with Gasteiger partial charge in [0.05, 0.1) is 5.56 Å². The van der Waals surface area contributed by atoms with Gasteiger partial charge in [0, 0.05) is 34.4 Å². The van der Waals surface area contributed by atoms with Crippen LogP contribution in [0.1, 0.15) is 49.7 Å². The number of hydrogen-bond donors (Lipinski definition) is 2. The summed E-state index contributed by atoms with van der Waals surface area (Å²) in [4.78, 5) is 33.3. The van der Waals surface area contributed by atoms with Crippen LogP contribution >= 0.6 is 23.4 Å². The summed E-state index contributed by atoms with van der Waals surface area (Å²) in [5, 5.41) is 4.51. The molecule has 0 spiro atoms. The summed E-state index contributed by atoms with van der Waals surface area (Å²) in [6, 6.07) is 7.35. The number of nitrogens with one attached hydrogen (secondary N) is 2. The molecule has 1 aliphatic heterocycles.